The van der Waals surface area contributed by atoms with Gasteiger partial charge in [0.1, 0.15) is 0 Å². The second-order valence-electron chi connectivity index (χ2n) is 9.61. The van der Waals surface area contributed by atoms with Crippen LogP contribution in [0, 0.1) is 0 Å². The molecule has 0 amide bonds. The Kier molecular flexibility index (Phi) is 8.42. The van der Waals surface area contributed by atoms with Gasteiger partial charge in [0.15, 0.2) is 0 Å². The topological polar surface area (TPSA) is 21.3 Å². The molecule has 2 nitrogen and oxygen atoms in total. The van der Waals surface area contributed by atoms with Crippen LogP contribution in [0.25, 0.3) is 0 Å². The highest BCUT2D eigenvalue weighted by Crippen LogP contribution is 2.49. The van der Waals surface area contributed by atoms with Gasteiger partial charge in [0, 0.05) is 24.3 Å². The molecule has 1 heterocycles. The third kappa shape index (κ3) is 4.44. The second-order valence-corrected chi connectivity index (χ2v) is 18.5. The summed E-state index contributed by atoms with van der Waals surface area (Å²) in [7, 11) is -2.29. The Morgan fingerprint density at radius 3 is 2.00 bits per heavy atom. The van der Waals surface area contributed by atoms with Crippen molar-refractivity contribution in [1.29, 1.82) is 0 Å². The number of benzene rings is 1. The standard InChI is InChI=1S/C24H44NOSi2/c1-10-27(11-2)23-16-25-22-15-13-12-14-21(22)24(23)20(9)26-28(17(3)4,18(5)6)19(7)8/h12-15,17-20,23-25H,10-11,16H2,1-9H3/t20-,23+,24+/m0/s1. The van der Waals surface area contributed by atoms with Crippen molar-refractivity contribution in [3.8, 4) is 0 Å². The van der Waals surface area contributed by atoms with Crippen molar-refractivity contribution in [2.75, 3.05) is 11.9 Å². The maximum absolute atomic E-state index is 7.32. The quantitative estimate of drug-likeness (QED) is 0.415. The van der Waals surface area contributed by atoms with Crippen LogP contribution in [0.5, 0.6) is 0 Å². The van der Waals surface area contributed by atoms with Crippen LogP contribution in [0.4, 0.5) is 5.69 Å². The van der Waals surface area contributed by atoms with Crippen LogP contribution in [0.1, 0.15) is 73.8 Å². The molecule has 28 heavy (non-hydrogen) atoms. The van der Waals surface area contributed by atoms with E-state index in [0.29, 0.717) is 22.5 Å². The Labute approximate surface area is 177 Å². The third-order valence-electron chi connectivity index (χ3n) is 7.30. The first-order valence-electron chi connectivity index (χ1n) is 11.6. The molecule has 3 atom stereocenters. The largest absolute Gasteiger partial charge is 0.413 e. The van der Waals surface area contributed by atoms with E-state index in [1.165, 1.54) is 23.3 Å². The zero-order chi connectivity index (χ0) is 21.1. The van der Waals surface area contributed by atoms with E-state index in [4.69, 9.17) is 4.43 Å². The van der Waals surface area contributed by atoms with Crippen LogP contribution in [0.15, 0.2) is 24.3 Å². The summed E-state index contributed by atoms with van der Waals surface area (Å²) in [6.45, 7) is 22.7. The van der Waals surface area contributed by atoms with Crippen molar-refractivity contribution in [2.24, 2.45) is 0 Å². The van der Waals surface area contributed by atoms with E-state index in [0.717, 1.165) is 12.1 Å². The molecule has 1 aromatic rings. The fourth-order valence-corrected chi connectivity index (χ4v) is 14.6. The lowest BCUT2D eigenvalue weighted by atomic mass is 9.86. The number of para-hydroxylation sites is 1. The van der Waals surface area contributed by atoms with E-state index in [9.17, 15) is 0 Å². The molecule has 1 radical (unpaired) electrons. The highest BCUT2D eigenvalue weighted by Gasteiger charge is 2.48. The van der Waals surface area contributed by atoms with E-state index in [1.54, 1.807) is 0 Å². The molecule has 0 saturated heterocycles. The molecule has 1 aliphatic rings. The van der Waals surface area contributed by atoms with E-state index < -0.39 is 17.1 Å². The van der Waals surface area contributed by atoms with Crippen molar-refractivity contribution >= 4 is 22.8 Å². The average molecular weight is 419 g/mol. The van der Waals surface area contributed by atoms with Crippen LogP contribution in [-0.4, -0.2) is 29.8 Å². The van der Waals surface area contributed by atoms with Crippen LogP contribution >= 0.6 is 0 Å². The third-order valence-corrected chi connectivity index (χ3v) is 16.9. The lowest BCUT2D eigenvalue weighted by Gasteiger charge is -2.48. The summed E-state index contributed by atoms with van der Waals surface area (Å²) in [5.74, 6) is 0.523. The van der Waals surface area contributed by atoms with Gasteiger partial charge < -0.3 is 9.74 Å². The lowest BCUT2D eigenvalue weighted by Crippen LogP contribution is -2.52. The Morgan fingerprint density at radius 1 is 0.964 bits per heavy atom. The van der Waals surface area contributed by atoms with Crippen molar-refractivity contribution < 1.29 is 4.43 Å². The number of fused-ring (bicyclic) bond motifs is 1. The predicted octanol–water partition coefficient (Wildman–Crippen LogP) is 7.68. The van der Waals surface area contributed by atoms with Crippen molar-refractivity contribution in [1.82, 2.24) is 0 Å². The monoisotopic (exact) mass is 418 g/mol. The number of rotatable bonds is 9. The molecule has 0 aliphatic carbocycles. The van der Waals surface area contributed by atoms with E-state index >= 15 is 0 Å². The molecule has 1 aromatic carbocycles. The zero-order valence-corrected chi connectivity index (χ0v) is 21.8. The molecular weight excluding hydrogens is 374 g/mol. The minimum absolute atomic E-state index is 0.283. The van der Waals surface area contributed by atoms with Gasteiger partial charge in [-0.3, -0.25) is 0 Å². The molecule has 0 fully saturated rings. The van der Waals surface area contributed by atoms with Gasteiger partial charge >= 0.3 is 0 Å². The maximum atomic E-state index is 7.32. The number of hydrogen-bond donors (Lipinski definition) is 1. The summed E-state index contributed by atoms with van der Waals surface area (Å²) >= 11 is 0. The summed E-state index contributed by atoms with van der Waals surface area (Å²) in [5, 5.41) is 3.76. The molecule has 1 aliphatic heterocycles. The number of nitrogens with one attached hydrogen (secondary N) is 1. The van der Waals surface area contributed by atoms with Crippen molar-refractivity contribution in [2.45, 2.75) is 109 Å². The molecular formula is C24H44NOSi2. The second kappa shape index (κ2) is 9.95. The highest BCUT2D eigenvalue weighted by molar-refractivity contribution is 6.77. The summed E-state index contributed by atoms with van der Waals surface area (Å²) in [4.78, 5) is 0. The molecule has 4 heteroatoms. The van der Waals surface area contributed by atoms with Gasteiger partial charge in [0.2, 0.25) is 8.32 Å². The molecule has 0 aromatic heterocycles. The number of anilines is 1. The molecule has 159 valence electrons. The molecule has 0 saturated carbocycles. The highest BCUT2D eigenvalue weighted by atomic mass is 28.4. The normalized spacial score (nSPS) is 21.3. The van der Waals surface area contributed by atoms with E-state index in [2.05, 4.69) is 91.9 Å². The molecule has 0 bridgehead atoms. The first kappa shape index (κ1) is 23.7. The maximum Gasteiger partial charge on any atom is 0.200 e. The Morgan fingerprint density at radius 2 is 1.50 bits per heavy atom. The van der Waals surface area contributed by atoms with Crippen molar-refractivity contribution in [3.63, 3.8) is 0 Å². The predicted molar refractivity (Wildman–Crippen MR) is 130 cm³/mol. The smallest absolute Gasteiger partial charge is 0.200 e. The molecule has 2 rings (SSSR count). The van der Waals surface area contributed by atoms with Crippen molar-refractivity contribution in [3.05, 3.63) is 29.8 Å². The first-order chi connectivity index (χ1) is 13.2. The fraction of sp³-hybridized carbons (Fsp3) is 0.750. The van der Waals surface area contributed by atoms with E-state index in [1.807, 2.05) is 0 Å². The van der Waals surface area contributed by atoms with Crippen LogP contribution in [0.2, 0.25) is 34.3 Å². The van der Waals surface area contributed by atoms with Gasteiger partial charge in [0.05, 0.1) is 8.80 Å². The van der Waals surface area contributed by atoms with Crippen LogP contribution < -0.4 is 5.32 Å². The molecule has 0 unspecified atom stereocenters. The van der Waals surface area contributed by atoms with Gasteiger partial charge in [-0.1, -0.05) is 85.7 Å². The minimum atomic E-state index is -1.89. The molecule has 0 spiro atoms. The Bertz CT molecular complexity index is 591. The van der Waals surface area contributed by atoms with Gasteiger partial charge in [-0.2, -0.15) is 0 Å². The lowest BCUT2D eigenvalue weighted by molar-refractivity contribution is 0.157. The summed E-state index contributed by atoms with van der Waals surface area (Å²) in [6.07, 6.45) is 0.283. The summed E-state index contributed by atoms with van der Waals surface area (Å²) in [6, 6.07) is 11.7. The summed E-state index contributed by atoms with van der Waals surface area (Å²) < 4.78 is 7.32. The average Bonchev–Trinajstić information content (AvgIpc) is 2.65. The Balaban J connectivity index is 2.46. The van der Waals surface area contributed by atoms with Crippen LogP contribution in [0.3, 0.4) is 0 Å². The Hall–Kier alpha value is -0.586. The van der Waals surface area contributed by atoms with Crippen LogP contribution in [-0.2, 0) is 4.43 Å². The summed E-state index contributed by atoms with van der Waals surface area (Å²) in [5.41, 5.74) is 5.46. The van der Waals surface area contributed by atoms with Gasteiger partial charge in [-0.15, -0.1) is 0 Å². The van der Waals surface area contributed by atoms with E-state index in [-0.39, 0.29) is 6.10 Å². The van der Waals surface area contributed by atoms with Gasteiger partial charge in [-0.05, 0) is 40.7 Å². The fourth-order valence-electron chi connectivity index (χ4n) is 6.07. The molecule has 1 N–H and O–H groups in total. The minimum Gasteiger partial charge on any atom is -0.413 e. The first-order valence-corrected chi connectivity index (χ1v) is 15.7. The van der Waals surface area contributed by atoms with Gasteiger partial charge in [0.25, 0.3) is 0 Å². The van der Waals surface area contributed by atoms with Gasteiger partial charge in [-0.25, -0.2) is 0 Å². The number of hydrogen-bond acceptors (Lipinski definition) is 2. The zero-order valence-electron chi connectivity index (χ0n) is 19.8. The SMILES string of the molecule is CC[Si](CC)[C@@H]1CNc2ccccc2[C@H]1[C@H](C)O[Si](C(C)C)(C(C)C)C(C)C.